The molecule has 0 spiro atoms. The molecule has 3 rings (SSSR count). The Morgan fingerprint density at radius 1 is 1.00 bits per heavy atom. The van der Waals surface area contributed by atoms with Gasteiger partial charge in [-0.1, -0.05) is 23.8 Å². The minimum Gasteiger partial charge on any atom is -0.484 e. The predicted octanol–water partition coefficient (Wildman–Crippen LogP) is 2.14. The summed E-state index contributed by atoms with van der Waals surface area (Å²) in [6, 6.07) is 12.9. The average molecular weight is 353 g/mol. The minimum atomic E-state index is -0.0872. The molecule has 0 unspecified atom stereocenters. The number of nitrogens with zero attached hydrogens (tertiary/aromatic N) is 3. The first-order valence-electron chi connectivity index (χ1n) is 8.81. The number of pyridine rings is 1. The molecule has 1 aromatic heterocycles. The quantitative estimate of drug-likeness (QED) is 0.845. The van der Waals surface area contributed by atoms with E-state index < -0.39 is 0 Å². The van der Waals surface area contributed by atoms with E-state index in [1.54, 1.807) is 34.2 Å². The molecule has 0 aliphatic carbocycles. The Balaban J connectivity index is 1.52. The molecule has 1 aromatic carbocycles. The number of ether oxygens (including phenoxy) is 1. The van der Waals surface area contributed by atoms with E-state index in [4.69, 9.17) is 4.74 Å². The highest BCUT2D eigenvalue weighted by atomic mass is 16.5. The summed E-state index contributed by atoms with van der Waals surface area (Å²) < 4.78 is 5.58. The van der Waals surface area contributed by atoms with Crippen LogP contribution in [0.5, 0.6) is 5.75 Å². The van der Waals surface area contributed by atoms with Crippen molar-refractivity contribution in [3.8, 4) is 5.75 Å². The maximum atomic E-state index is 12.5. The van der Waals surface area contributed by atoms with Crippen molar-refractivity contribution < 1.29 is 14.3 Å². The van der Waals surface area contributed by atoms with Crippen molar-refractivity contribution in [3.63, 3.8) is 0 Å². The second-order valence-corrected chi connectivity index (χ2v) is 6.34. The van der Waals surface area contributed by atoms with Crippen molar-refractivity contribution in [2.75, 3.05) is 32.8 Å². The van der Waals surface area contributed by atoms with Gasteiger partial charge < -0.3 is 14.5 Å². The van der Waals surface area contributed by atoms with Crippen LogP contribution in [0, 0.1) is 6.92 Å². The van der Waals surface area contributed by atoms with E-state index in [0.29, 0.717) is 37.6 Å². The number of hydrogen-bond donors (Lipinski definition) is 0. The molecule has 1 aliphatic heterocycles. The molecule has 1 aliphatic rings. The topological polar surface area (TPSA) is 62.7 Å². The van der Waals surface area contributed by atoms with Crippen LogP contribution in [0.4, 0.5) is 0 Å². The van der Waals surface area contributed by atoms with Crippen molar-refractivity contribution in [3.05, 3.63) is 59.9 Å². The fraction of sp³-hybridized carbons (Fsp3) is 0.350. The summed E-state index contributed by atoms with van der Waals surface area (Å²) in [7, 11) is 0. The molecule has 0 N–H and O–H groups in total. The standard InChI is InChI=1S/C20H23N3O3/c1-16-6-8-17(9-7-16)26-15-19(24)22-11-4-12-23(14-13-22)20(25)18-5-2-3-10-21-18/h2-3,5-10H,4,11-15H2,1H3. The number of rotatable bonds is 4. The van der Waals surface area contributed by atoms with Crippen LogP contribution in [-0.4, -0.2) is 59.4 Å². The summed E-state index contributed by atoms with van der Waals surface area (Å²) in [5.74, 6) is 0.541. The maximum Gasteiger partial charge on any atom is 0.272 e. The summed E-state index contributed by atoms with van der Waals surface area (Å²) in [5.41, 5.74) is 1.59. The van der Waals surface area contributed by atoms with Gasteiger partial charge in [-0.05, 0) is 37.6 Å². The second-order valence-electron chi connectivity index (χ2n) is 6.34. The fourth-order valence-electron chi connectivity index (χ4n) is 2.89. The van der Waals surface area contributed by atoms with Gasteiger partial charge in [0.1, 0.15) is 11.4 Å². The van der Waals surface area contributed by atoms with Crippen molar-refractivity contribution in [2.45, 2.75) is 13.3 Å². The minimum absolute atomic E-state index is 0.0112. The molecule has 0 bridgehead atoms. The lowest BCUT2D eigenvalue weighted by molar-refractivity contribution is -0.133. The lowest BCUT2D eigenvalue weighted by atomic mass is 10.2. The van der Waals surface area contributed by atoms with E-state index in [2.05, 4.69) is 4.98 Å². The van der Waals surface area contributed by atoms with E-state index >= 15 is 0 Å². The van der Waals surface area contributed by atoms with Crippen molar-refractivity contribution in [1.29, 1.82) is 0 Å². The molecule has 1 fully saturated rings. The summed E-state index contributed by atoms with van der Waals surface area (Å²) >= 11 is 0. The van der Waals surface area contributed by atoms with Crippen molar-refractivity contribution >= 4 is 11.8 Å². The Labute approximate surface area is 153 Å². The smallest absolute Gasteiger partial charge is 0.272 e. The van der Waals surface area contributed by atoms with E-state index in [-0.39, 0.29) is 18.4 Å². The third-order valence-electron chi connectivity index (χ3n) is 4.40. The Kier molecular flexibility index (Phi) is 5.84. The summed E-state index contributed by atoms with van der Waals surface area (Å²) in [4.78, 5) is 32.6. The van der Waals surface area contributed by atoms with Crippen LogP contribution in [-0.2, 0) is 4.79 Å². The highest BCUT2D eigenvalue weighted by Gasteiger charge is 2.23. The zero-order valence-corrected chi connectivity index (χ0v) is 14.9. The van der Waals surface area contributed by atoms with Crippen LogP contribution in [0.2, 0.25) is 0 Å². The molecule has 0 radical (unpaired) electrons. The Morgan fingerprint density at radius 3 is 2.46 bits per heavy atom. The molecule has 26 heavy (non-hydrogen) atoms. The van der Waals surface area contributed by atoms with Gasteiger partial charge in [0, 0.05) is 32.4 Å². The third-order valence-corrected chi connectivity index (χ3v) is 4.40. The number of amides is 2. The second kappa shape index (κ2) is 8.47. The van der Waals surface area contributed by atoms with Gasteiger partial charge in [0.15, 0.2) is 6.61 Å². The fourth-order valence-corrected chi connectivity index (χ4v) is 2.89. The normalized spacial score (nSPS) is 14.7. The number of aryl methyl sites for hydroxylation is 1. The maximum absolute atomic E-state index is 12.5. The van der Waals surface area contributed by atoms with Crippen LogP contribution in [0.15, 0.2) is 48.7 Å². The Hall–Kier alpha value is -2.89. The Morgan fingerprint density at radius 2 is 1.73 bits per heavy atom. The lowest BCUT2D eigenvalue weighted by Crippen LogP contribution is -2.39. The zero-order chi connectivity index (χ0) is 18.4. The summed E-state index contributed by atoms with van der Waals surface area (Å²) in [5, 5.41) is 0. The molecule has 6 nitrogen and oxygen atoms in total. The molecule has 2 heterocycles. The average Bonchev–Trinajstić information content (AvgIpc) is 2.94. The molecule has 0 saturated carbocycles. The van der Waals surface area contributed by atoms with Crippen LogP contribution in [0.25, 0.3) is 0 Å². The van der Waals surface area contributed by atoms with Crippen LogP contribution in [0.1, 0.15) is 22.5 Å². The molecule has 2 aromatic rings. The number of hydrogen-bond acceptors (Lipinski definition) is 4. The number of benzene rings is 1. The van der Waals surface area contributed by atoms with Gasteiger partial charge in [-0.25, -0.2) is 0 Å². The number of aromatic nitrogens is 1. The van der Waals surface area contributed by atoms with Crippen LogP contribution >= 0.6 is 0 Å². The molecule has 6 heteroatoms. The van der Waals surface area contributed by atoms with Gasteiger partial charge in [0.2, 0.25) is 0 Å². The number of carbonyl (C=O) groups excluding carboxylic acids is 2. The lowest BCUT2D eigenvalue weighted by Gasteiger charge is -2.22. The molecule has 1 saturated heterocycles. The van der Waals surface area contributed by atoms with Crippen LogP contribution in [0.3, 0.4) is 0 Å². The van der Waals surface area contributed by atoms with Crippen molar-refractivity contribution in [1.82, 2.24) is 14.8 Å². The molecule has 0 atom stereocenters. The van der Waals surface area contributed by atoms with Gasteiger partial charge in [0.25, 0.3) is 11.8 Å². The number of carbonyl (C=O) groups is 2. The van der Waals surface area contributed by atoms with Gasteiger partial charge in [-0.3, -0.25) is 14.6 Å². The third kappa shape index (κ3) is 4.59. The van der Waals surface area contributed by atoms with E-state index in [1.165, 1.54) is 0 Å². The SMILES string of the molecule is Cc1ccc(OCC(=O)N2CCCN(C(=O)c3ccccn3)CC2)cc1. The van der Waals surface area contributed by atoms with E-state index in [9.17, 15) is 9.59 Å². The van der Waals surface area contributed by atoms with Gasteiger partial charge >= 0.3 is 0 Å². The predicted molar refractivity (Wildman–Crippen MR) is 98.0 cm³/mol. The zero-order valence-electron chi connectivity index (χ0n) is 14.9. The van der Waals surface area contributed by atoms with Gasteiger partial charge in [0.05, 0.1) is 0 Å². The van der Waals surface area contributed by atoms with E-state index in [1.807, 2.05) is 31.2 Å². The summed E-state index contributed by atoms with van der Waals surface area (Å²) in [6.45, 7) is 4.28. The largest absolute Gasteiger partial charge is 0.484 e. The highest BCUT2D eigenvalue weighted by molar-refractivity contribution is 5.92. The molecule has 136 valence electrons. The van der Waals surface area contributed by atoms with Crippen LogP contribution < -0.4 is 4.74 Å². The summed E-state index contributed by atoms with van der Waals surface area (Å²) in [6.07, 6.45) is 2.36. The van der Waals surface area contributed by atoms with E-state index in [0.717, 1.165) is 12.0 Å². The van der Waals surface area contributed by atoms with Gasteiger partial charge in [-0.2, -0.15) is 0 Å². The monoisotopic (exact) mass is 353 g/mol. The molecule has 2 amide bonds. The van der Waals surface area contributed by atoms with Crippen molar-refractivity contribution in [2.24, 2.45) is 0 Å². The molecular formula is C20H23N3O3. The molecular weight excluding hydrogens is 330 g/mol. The van der Waals surface area contributed by atoms with Gasteiger partial charge in [-0.15, -0.1) is 0 Å². The highest BCUT2D eigenvalue weighted by Crippen LogP contribution is 2.12. The first-order valence-corrected chi connectivity index (χ1v) is 8.81. The first kappa shape index (κ1) is 17.9. The Bertz CT molecular complexity index is 747. The first-order chi connectivity index (χ1) is 12.6.